The Balaban J connectivity index is 1.60. The van der Waals surface area contributed by atoms with Gasteiger partial charge in [-0.1, -0.05) is 0 Å². The van der Waals surface area contributed by atoms with Crippen LogP contribution < -0.4 is 4.74 Å². The summed E-state index contributed by atoms with van der Waals surface area (Å²) in [6.07, 6.45) is 0. The summed E-state index contributed by atoms with van der Waals surface area (Å²) >= 11 is 1.45. The Kier molecular flexibility index (Phi) is 5.69. The van der Waals surface area contributed by atoms with Gasteiger partial charge in [0.15, 0.2) is 0 Å². The summed E-state index contributed by atoms with van der Waals surface area (Å²) in [5.74, 6) is 0.221. The number of hydrogen-bond donors (Lipinski definition) is 0. The molecule has 0 saturated carbocycles. The van der Waals surface area contributed by atoms with Crippen LogP contribution >= 0.6 is 11.3 Å². The predicted molar refractivity (Wildman–Crippen MR) is 102 cm³/mol. The molecule has 0 amide bonds. The van der Waals surface area contributed by atoms with Crippen molar-refractivity contribution in [3.8, 4) is 16.3 Å². The van der Waals surface area contributed by atoms with Gasteiger partial charge in [0.05, 0.1) is 17.7 Å². The Labute approximate surface area is 164 Å². The number of rotatable bonds is 7. The molecule has 0 unspecified atom stereocenters. The van der Waals surface area contributed by atoms with Gasteiger partial charge in [-0.3, -0.25) is 19.6 Å². The van der Waals surface area contributed by atoms with Crippen molar-refractivity contribution in [2.75, 3.05) is 7.11 Å². The maximum atomic E-state index is 12.1. The second-order valence-corrected chi connectivity index (χ2v) is 6.83. The standard InChI is InChI=1S/C18H18N4O5S/c1-11-17(22(24)25)12(2)21(20-11)8-16(23)27-9-14-10-28-18(19-14)13-4-6-15(26-3)7-5-13/h4-7,10H,8-9H2,1-3H3. The molecule has 0 atom stereocenters. The zero-order chi connectivity index (χ0) is 20.3. The fourth-order valence-corrected chi connectivity index (χ4v) is 3.48. The average molecular weight is 402 g/mol. The van der Waals surface area contributed by atoms with E-state index in [1.165, 1.54) is 22.9 Å². The number of methoxy groups -OCH3 is 1. The van der Waals surface area contributed by atoms with Gasteiger partial charge < -0.3 is 9.47 Å². The lowest BCUT2D eigenvalue weighted by Crippen LogP contribution is -2.15. The Bertz CT molecular complexity index is 1010. The van der Waals surface area contributed by atoms with Crippen LogP contribution in [0.25, 0.3) is 10.6 Å². The van der Waals surface area contributed by atoms with Crippen LogP contribution in [0.3, 0.4) is 0 Å². The molecule has 0 bridgehead atoms. The van der Waals surface area contributed by atoms with E-state index in [1.54, 1.807) is 14.0 Å². The third-order valence-corrected chi connectivity index (χ3v) is 5.01. The number of benzene rings is 1. The van der Waals surface area contributed by atoms with Crippen molar-refractivity contribution < 1.29 is 19.2 Å². The molecular weight excluding hydrogens is 384 g/mol. The number of aromatic nitrogens is 3. The minimum atomic E-state index is -0.542. The molecule has 0 N–H and O–H groups in total. The highest BCUT2D eigenvalue weighted by atomic mass is 32.1. The molecule has 2 heterocycles. The number of carbonyl (C=O) groups is 1. The molecule has 9 nitrogen and oxygen atoms in total. The zero-order valence-electron chi connectivity index (χ0n) is 15.5. The Morgan fingerprint density at radius 2 is 2.00 bits per heavy atom. The van der Waals surface area contributed by atoms with E-state index in [-0.39, 0.29) is 24.5 Å². The number of hydrogen-bond acceptors (Lipinski definition) is 8. The minimum Gasteiger partial charge on any atom is -0.497 e. The lowest BCUT2D eigenvalue weighted by molar-refractivity contribution is -0.386. The zero-order valence-corrected chi connectivity index (χ0v) is 16.4. The van der Waals surface area contributed by atoms with Crippen LogP contribution in [0.15, 0.2) is 29.6 Å². The van der Waals surface area contributed by atoms with Gasteiger partial charge in [0, 0.05) is 10.9 Å². The first kappa shape index (κ1) is 19.5. The quantitative estimate of drug-likeness (QED) is 0.339. The largest absolute Gasteiger partial charge is 0.497 e. The monoisotopic (exact) mass is 402 g/mol. The second-order valence-electron chi connectivity index (χ2n) is 5.97. The summed E-state index contributed by atoms with van der Waals surface area (Å²) in [7, 11) is 1.61. The molecule has 10 heteroatoms. The van der Waals surface area contributed by atoms with E-state index in [1.807, 2.05) is 29.6 Å². The summed E-state index contributed by atoms with van der Waals surface area (Å²) in [6.45, 7) is 2.90. The van der Waals surface area contributed by atoms with Crippen molar-refractivity contribution in [3.63, 3.8) is 0 Å². The van der Waals surface area contributed by atoms with Crippen molar-refractivity contribution in [2.24, 2.45) is 0 Å². The van der Waals surface area contributed by atoms with Crippen molar-refractivity contribution in [3.05, 3.63) is 56.8 Å². The number of aryl methyl sites for hydroxylation is 1. The Morgan fingerprint density at radius 3 is 2.61 bits per heavy atom. The molecule has 0 aliphatic carbocycles. The van der Waals surface area contributed by atoms with Crippen LogP contribution in [0.2, 0.25) is 0 Å². The Hall–Kier alpha value is -3.27. The predicted octanol–water partition coefficient (Wildman–Crippen LogP) is 3.28. The van der Waals surface area contributed by atoms with Crippen LogP contribution in [-0.2, 0) is 22.7 Å². The van der Waals surface area contributed by atoms with Gasteiger partial charge in [0.1, 0.15) is 35.3 Å². The maximum Gasteiger partial charge on any atom is 0.328 e. The number of thiazole rings is 1. The molecule has 1 aromatic carbocycles. The van der Waals surface area contributed by atoms with E-state index in [2.05, 4.69) is 10.1 Å². The van der Waals surface area contributed by atoms with Crippen LogP contribution in [-0.4, -0.2) is 32.8 Å². The normalized spacial score (nSPS) is 10.7. The molecule has 28 heavy (non-hydrogen) atoms. The highest BCUT2D eigenvalue weighted by molar-refractivity contribution is 7.13. The summed E-state index contributed by atoms with van der Waals surface area (Å²) in [5, 5.41) is 17.7. The molecule has 0 aliphatic rings. The van der Waals surface area contributed by atoms with Crippen molar-refractivity contribution >= 4 is 23.0 Å². The van der Waals surface area contributed by atoms with Gasteiger partial charge in [0.25, 0.3) is 0 Å². The number of nitro groups is 1. The molecular formula is C18H18N4O5S. The highest BCUT2D eigenvalue weighted by Crippen LogP contribution is 2.26. The van der Waals surface area contributed by atoms with Crippen LogP contribution in [0.5, 0.6) is 5.75 Å². The van der Waals surface area contributed by atoms with Crippen molar-refractivity contribution in [1.29, 1.82) is 0 Å². The number of ether oxygens (including phenoxy) is 2. The number of carbonyl (C=O) groups excluding carboxylic acids is 1. The molecule has 2 aromatic heterocycles. The maximum absolute atomic E-state index is 12.1. The molecule has 3 aromatic rings. The topological polar surface area (TPSA) is 109 Å². The van der Waals surface area contributed by atoms with Crippen molar-refractivity contribution in [2.45, 2.75) is 27.0 Å². The minimum absolute atomic E-state index is 0.0207. The first-order valence-corrected chi connectivity index (χ1v) is 9.20. The summed E-state index contributed by atoms with van der Waals surface area (Å²) in [6, 6.07) is 7.51. The summed E-state index contributed by atoms with van der Waals surface area (Å²) in [5.41, 5.74) is 2.06. The van der Waals surface area contributed by atoms with E-state index in [0.717, 1.165) is 16.3 Å². The molecule has 0 spiro atoms. The lowest BCUT2D eigenvalue weighted by Gasteiger charge is -2.04. The fraction of sp³-hybridized carbons (Fsp3) is 0.278. The number of esters is 1. The van der Waals surface area contributed by atoms with Gasteiger partial charge in [-0.25, -0.2) is 4.98 Å². The Morgan fingerprint density at radius 1 is 1.29 bits per heavy atom. The van der Waals surface area contributed by atoms with Gasteiger partial charge in [-0.2, -0.15) is 5.10 Å². The summed E-state index contributed by atoms with van der Waals surface area (Å²) in [4.78, 5) is 27.1. The molecule has 0 fully saturated rings. The smallest absolute Gasteiger partial charge is 0.328 e. The van der Waals surface area contributed by atoms with Gasteiger partial charge >= 0.3 is 11.7 Å². The first-order valence-electron chi connectivity index (χ1n) is 8.32. The molecule has 0 radical (unpaired) electrons. The molecule has 0 aliphatic heterocycles. The van der Waals surface area contributed by atoms with Gasteiger partial charge in [-0.05, 0) is 38.1 Å². The third-order valence-electron chi connectivity index (χ3n) is 4.07. The molecule has 0 saturated heterocycles. The van der Waals surface area contributed by atoms with Crippen LogP contribution in [0.1, 0.15) is 17.1 Å². The highest BCUT2D eigenvalue weighted by Gasteiger charge is 2.23. The molecule has 3 rings (SSSR count). The SMILES string of the molecule is COc1ccc(-c2nc(COC(=O)Cn3nc(C)c([N+](=O)[O-])c3C)cs2)cc1. The van der Waals surface area contributed by atoms with E-state index >= 15 is 0 Å². The van der Waals surface area contributed by atoms with E-state index < -0.39 is 10.9 Å². The average Bonchev–Trinajstić information content (AvgIpc) is 3.24. The van der Waals surface area contributed by atoms with Crippen LogP contribution in [0.4, 0.5) is 5.69 Å². The molecule has 146 valence electrons. The summed E-state index contributed by atoms with van der Waals surface area (Å²) < 4.78 is 11.6. The third kappa shape index (κ3) is 4.17. The fourth-order valence-electron chi connectivity index (χ4n) is 2.67. The van der Waals surface area contributed by atoms with E-state index in [9.17, 15) is 14.9 Å². The van der Waals surface area contributed by atoms with Gasteiger partial charge in [-0.15, -0.1) is 11.3 Å². The van der Waals surface area contributed by atoms with E-state index in [0.29, 0.717) is 11.4 Å². The van der Waals surface area contributed by atoms with Gasteiger partial charge in [0.2, 0.25) is 0 Å². The van der Waals surface area contributed by atoms with Crippen molar-refractivity contribution in [1.82, 2.24) is 14.8 Å². The van der Waals surface area contributed by atoms with Crippen LogP contribution in [0, 0.1) is 24.0 Å². The second kappa shape index (κ2) is 8.17. The number of nitrogens with zero attached hydrogens (tertiary/aromatic N) is 4. The first-order chi connectivity index (χ1) is 13.4. The van der Waals surface area contributed by atoms with E-state index in [4.69, 9.17) is 9.47 Å². The lowest BCUT2D eigenvalue weighted by atomic mass is 10.2.